The van der Waals surface area contributed by atoms with Crippen LogP contribution in [0.3, 0.4) is 0 Å². The summed E-state index contributed by atoms with van der Waals surface area (Å²) in [6, 6.07) is 7.70. The molecule has 1 nitrogen and oxygen atoms in total. The molecule has 4 rings (SSSR count). The third kappa shape index (κ3) is 1.87. The van der Waals surface area contributed by atoms with Crippen LogP contribution in [0, 0.1) is 23.2 Å². The smallest absolute Gasteiger partial charge is 0.162 e. The first-order valence-electron chi connectivity index (χ1n) is 6.92. The highest BCUT2D eigenvalue weighted by Crippen LogP contribution is 2.62. The van der Waals surface area contributed by atoms with Crippen LogP contribution in [-0.2, 0) is 4.79 Å². The van der Waals surface area contributed by atoms with Gasteiger partial charge in [0.2, 0.25) is 0 Å². The van der Waals surface area contributed by atoms with Gasteiger partial charge in [0.05, 0.1) is 0 Å². The van der Waals surface area contributed by atoms with Crippen LogP contribution < -0.4 is 0 Å². The molecule has 3 saturated carbocycles. The summed E-state index contributed by atoms with van der Waals surface area (Å²) in [5.74, 6) is 1.50. The monoisotopic (exact) mass is 274 g/mol. The zero-order valence-electron chi connectivity index (χ0n) is 11.6. The third-order valence-corrected chi connectivity index (χ3v) is 5.46. The first kappa shape index (κ1) is 12.9. The van der Waals surface area contributed by atoms with Crippen molar-refractivity contribution in [1.82, 2.24) is 0 Å². The van der Waals surface area contributed by atoms with Crippen molar-refractivity contribution in [3.8, 4) is 0 Å². The minimum absolute atomic E-state index is 0.165. The molecule has 0 radical (unpaired) electrons. The van der Waals surface area contributed by atoms with Crippen molar-refractivity contribution in [2.75, 3.05) is 0 Å². The summed E-state index contributed by atoms with van der Waals surface area (Å²) in [5.41, 5.74) is 2.36. The van der Waals surface area contributed by atoms with Crippen LogP contribution in [0.2, 0.25) is 5.02 Å². The lowest BCUT2D eigenvalue weighted by Crippen LogP contribution is -2.56. The fourth-order valence-corrected chi connectivity index (χ4v) is 3.99. The van der Waals surface area contributed by atoms with Gasteiger partial charge in [0.1, 0.15) is 0 Å². The maximum Gasteiger partial charge on any atom is 0.162 e. The molecule has 1 aromatic rings. The van der Waals surface area contributed by atoms with Gasteiger partial charge in [0.25, 0.3) is 0 Å². The molecule has 0 unspecified atom stereocenters. The number of fused-ring (bicyclic) bond motifs is 2. The largest absolute Gasteiger partial charge is 0.294 e. The molecule has 100 valence electrons. The summed E-state index contributed by atoms with van der Waals surface area (Å²) in [4.78, 5) is 12.4. The van der Waals surface area contributed by atoms with E-state index >= 15 is 0 Å². The van der Waals surface area contributed by atoms with Crippen LogP contribution in [0.1, 0.15) is 32.8 Å². The highest BCUT2D eigenvalue weighted by Gasteiger charge is 2.58. The predicted molar refractivity (Wildman–Crippen MR) is 79.0 cm³/mol. The first-order valence-corrected chi connectivity index (χ1v) is 7.30. The maximum absolute atomic E-state index is 12.4. The van der Waals surface area contributed by atoms with Gasteiger partial charge in [-0.2, -0.15) is 0 Å². The molecule has 0 N–H and O–H groups in total. The summed E-state index contributed by atoms with van der Waals surface area (Å²) in [6.07, 6.45) is 3.23. The average Bonchev–Trinajstić information content (AvgIpc) is 2.36. The highest BCUT2D eigenvalue weighted by molar-refractivity contribution is 6.30. The molecule has 3 atom stereocenters. The van der Waals surface area contributed by atoms with Crippen LogP contribution in [0.25, 0.3) is 6.08 Å². The van der Waals surface area contributed by atoms with E-state index in [4.69, 9.17) is 11.6 Å². The number of Topliss-reactive ketones (excluding diaryl/α,β-unsaturated/α-hetero) is 1. The van der Waals surface area contributed by atoms with Crippen molar-refractivity contribution in [1.29, 1.82) is 0 Å². The molecule has 1 aromatic carbocycles. The van der Waals surface area contributed by atoms with Crippen molar-refractivity contribution >= 4 is 23.5 Å². The number of hydrogen-bond acceptors (Lipinski definition) is 1. The summed E-state index contributed by atoms with van der Waals surface area (Å²) in [7, 11) is 0. The molecule has 3 aliphatic carbocycles. The molecule has 0 aliphatic heterocycles. The number of halogens is 1. The van der Waals surface area contributed by atoms with E-state index < -0.39 is 0 Å². The van der Waals surface area contributed by atoms with Crippen LogP contribution in [0.4, 0.5) is 0 Å². The van der Waals surface area contributed by atoms with Gasteiger partial charge in [-0.15, -0.1) is 0 Å². The SMILES string of the molecule is C[C@@H]1C(=O)C(=Cc2ccc(Cl)cc2)[C@H]2C[C@H]1C2(C)C. The zero-order chi connectivity index (χ0) is 13.8. The van der Waals surface area contributed by atoms with E-state index in [2.05, 4.69) is 26.8 Å². The summed E-state index contributed by atoms with van der Waals surface area (Å²) in [6.45, 7) is 6.68. The second-order valence-corrected chi connectivity index (χ2v) is 6.96. The van der Waals surface area contributed by atoms with Crippen molar-refractivity contribution in [2.45, 2.75) is 27.2 Å². The van der Waals surface area contributed by atoms with E-state index in [-0.39, 0.29) is 11.3 Å². The topological polar surface area (TPSA) is 17.1 Å². The van der Waals surface area contributed by atoms with E-state index in [0.29, 0.717) is 17.6 Å². The van der Waals surface area contributed by atoms with Gasteiger partial charge in [0.15, 0.2) is 5.78 Å². The fraction of sp³-hybridized carbons (Fsp3) is 0.471. The Kier molecular flexibility index (Phi) is 2.86. The van der Waals surface area contributed by atoms with Crippen molar-refractivity contribution < 1.29 is 4.79 Å². The minimum Gasteiger partial charge on any atom is -0.294 e. The normalized spacial score (nSPS) is 34.2. The van der Waals surface area contributed by atoms with Gasteiger partial charge in [0, 0.05) is 10.9 Å². The number of carbonyl (C=O) groups is 1. The second-order valence-electron chi connectivity index (χ2n) is 6.52. The summed E-state index contributed by atoms with van der Waals surface area (Å²) >= 11 is 5.90. The summed E-state index contributed by atoms with van der Waals surface area (Å²) < 4.78 is 0. The molecule has 2 bridgehead atoms. The molecular weight excluding hydrogens is 256 g/mol. The van der Waals surface area contributed by atoms with E-state index in [1.165, 1.54) is 6.42 Å². The molecule has 0 aromatic heterocycles. The molecule has 3 aliphatic rings. The van der Waals surface area contributed by atoms with Gasteiger partial charge in [-0.05, 0) is 53.0 Å². The quantitative estimate of drug-likeness (QED) is 0.684. The molecule has 0 amide bonds. The van der Waals surface area contributed by atoms with Gasteiger partial charge in [-0.25, -0.2) is 0 Å². The number of allylic oxidation sites excluding steroid dienone is 1. The van der Waals surface area contributed by atoms with Gasteiger partial charge in [-0.3, -0.25) is 4.79 Å². The van der Waals surface area contributed by atoms with Gasteiger partial charge >= 0.3 is 0 Å². The standard InChI is InChI=1S/C17H19ClO/c1-10-14-9-15(17(14,2)3)13(16(10)19)8-11-4-6-12(18)7-5-11/h4-8,10,14-15H,9H2,1-3H3/t10-,14+,15+/m0/s1. The van der Waals surface area contributed by atoms with Crippen LogP contribution in [0.15, 0.2) is 29.8 Å². The third-order valence-electron chi connectivity index (χ3n) is 5.21. The Balaban J connectivity index is 1.99. The molecule has 0 heterocycles. The zero-order valence-corrected chi connectivity index (χ0v) is 12.4. The lowest BCUT2D eigenvalue weighted by Gasteiger charge is -2.59. The van der Waals surface area contributed by atoms with E-state index in [0.717, 1.165) is 16.2 Å². The molecule has 3 fully saturated rings. The Morgan fingerprint density at radius 1 is 1.26 bits per heavy atom. The van der Waals surface area contributed by atoms with E-state index in [9.17, 15) is 4.79 Å². The minimum atomic E-state index is 0.165. The maximum atomic E-state index is 12.4. The van der Waals surface area contributed by atoms with Crippen LogP contribution in [-0.4, -0.2) is 5.78 Å². The fourth-order valence-electron chi connectivity index (χ4n) is 3.86. The molecule has 0 saturated heterocycles. The average molecular weight is 275 g/mol. The molecule has 0 spiro atoms. The number of ketones is 1. The molecular formula is C17H19ClO. The van der Waals surface area contributed by atoms with E-state index in [1.807, 2.05) is 24.3 Å². The lowest BCUT2D eigenvalue weighted by atomic mass is 9.44. The molecule has 2 heteroatoms. The van der Waals surface area contributed by atoms with Gasteiger partial charge < -0.3 is 0 Å². The lowest BCUT2D eigenvalue weighted by molar-refractivity contribution is -0.139. The highest BCUT2D eigenvalue weighted by atomic mass is 35.5. The predicted octanol–water partition coefficient (Wildman–Crippen LogP) is 4.60. The van der Waals surface area contributed by atoms with Crippen LogP contribution in [0.5, 0.6) is 0 Å². The second kappa shape index (κ2) is 4.21. The summed E-state index contributed by atoms with van der Waals surface area (Å²) in [5, 5.41) is 0.731. The van der Waals surface area contributed by atoms with E-state index in [1.54, 1.807) is 0 Å². The van der Waals surface area contributed by atoms with Crippen molar-refractivity contribution in [3.63, 3.8) is 0 Å². The molecule has 19 heavy (non-hydrogen) atoms. The van der Waals surface area contributed by atoms with Crippen LogP contribution >= 0.6 is 11.6 Å². The van der Waals surface area contributed by atoms with Gasteiger partial charge in [-0.1, -0.05) is 44.5 Å². The van der Waals surface area contributed by atoms with Crippen molar-refractivity contribution in [3.05, 3.63) is 40.4 Å². The number of rotatable bonds is 1. The van der Waals surface area contributed by atoms with Crippen molar-refractivity contribution in [2.24, 2.45) is 23.2 Å². The Bertz CT molecular complexity index is 553. The Hall–Kier alpha value is -1.08. The Morgan fingerprint density at radius 2 is 1.89 bits per heavy atom. The number of carbonyl (C=O) groups excluding carboxylic acids is 1. The Labute approximate surface area is 119 Å². The number of benzene rings is 1. The Morgan fingerprint density at radius 3 is 2.47 bits per heavy atom. The first-order chi connectivity index (χ1) is 8.91. The number of hydrogen-bond donors (Lipinski definition) is 0.